The molecule has 1 aliphatic carbocycles. The van der Waals surface area contributed by atoms with Gasteiger partial charge in [-0.05, 0) is 37.1 Å². The van der Waals surface area contributed by atoms with Crippen molar-refractivity contribution in [1.82, 2.24) is 5.32 Å². The lowest BCUT2D eigenvalue weighted by molar-refractivity contribution is 0.463. The van der Waals surface area contributed by atoms with Crippen LogP contribution in [0.5, 0.6) is 5.75 Å². The van der Waals surface area contributed by atoms with Gasteiger partial charge < -0.3 is 10.4 Å². The Morgan fingerprint density at radius 2 is 2.20 bits per heavy atom. The van der Waals surface area contributed by atoms with Crippen molar-refractivity contribution in [3.63, 3.8) is 0 Å². The van der Waals surface area contributed by atoms with Crippen LogP contribution in [0, 0.1) is 5.92 Å². The molecule has 0 heterocycles. The monoisotopic (exact) mass is 225 g/mol. The maximum absolute atomic E-state index is 9.56. The summed E-state index contributed by atoms with van der Waals surface area (Å²) in [6.45, 7) is 1.72. The number of halogens is 1. The molecule has 0 unspecified atom stereocenters. The smallest absolute Gasteiger partial charge is 0.120 e. The Morgan fingerprint density at radius 3 is 2.93 bits per heavy atom. The fourth-order valence-corrected chi connectivity index (χ4v) is 1.83. The van der Waals surface area contributed by atoms with Crippen LogP contribution in [-0.2, 0) is 6.54 Å². The van der Waals surface area contributed by atoms with Gasteiger partial charge in [-0.2, -0.15) is 0 Å². The highest BCUT2D eigenvalue weighted by Gasteiger charge is 2.19. The van der Waals surface area contributed by atoms with Gasteiger partial charge in [-0.15, -0.1) is 0 Å². The molecule has 1 saturated carbocycles. The third kappa shape index (κ3) is 3.40. The second-order valence-corrected chi connectivity index (χ2v) is 4.62. The third-order valence-electron chi connectivity index (χ3n) is 2.78. The molecule has 0 radical (unpaired) electrons. The normalized spacial score (nSPS) is 15.5. The molecular weight excluding hydrogens is 210 g/mol. The van der Waals surface area contributed by atoms with Crippen molar-refractivity contribution < 1.29 is 5.11 Å². The Hall–Kier alpha value is -0.730. The molecule has 0 atom stereocenters. The second kappa shape index (κ2) is 4.86. The van der Waals surface area contributed by atoms with Crippen LogP contribution in [0.4, 0.5) is 0 Å². The molecule has 1 aromatic rings. The van der Waals surface area contributed by atoms with Crippen molar-refractivity contribution in [2.45, 2.75) is 25.8 Å². The van der Waals surface area contributed by atoms with Gasteiger partial charge in [-0.3, -0.25) is 0 Å². The lowest BCUT2D eigenvalue weighted by Gasteiger charge is -2.06. The number of rotatable bonds is 5. The van der Waals surface area contributed by atoms with Gasteiger partial charge in [0.25, 0.3) is 0 Å². The van der Waals surface area contributed by atoms with E-state index in [9.17, 15) is 5.11 Å². The molecule has 0 amide bonds. The summed E-state index contributed by atoms with van der Waals surface area (Å²) in [6.07, 6.45) is 4.04. The van der Waals surface area contributed by atoms with Gasteiger partial charge in [0.15, 0.2) is 0 Å². The van der Waals surface area contributed by atoms with E-state index in [0.29, 0.717) is 17.3 Å². The van der Waals surface area contributed by atoms with E-state index in [-0.39, 0.29) is 0 Å². The Kier molecular flexibility index (Phi) is 3.49. The fourth-order valence-electron chi connectivity index (χ4n) is 1.63. The van der Waals surface area contributed by atoms with Crippen LogP contribution < -0.4 is 5.32 Å². The molecule has 0 saturated heterocycles. The first-order valence-electron chi connectivity index (χ1n) is 5.44. The molecule has 1 aliphatic rings. The number of aromatic hydroxyl groups is 1. The largest absolute Gasteiger partial charge is 0.508 e. The van der Waals surface area contributed by atoms with E-state index in [4.69, 9.17) is 11.6 Å². The van der Waals surface area contributed by atoms with E-state index in [1.807, 2.05) is 0 Å². The van der Waals surface area contributed by atoms with E-state index in [2.05, 4.69) is 5.32 Å². The Bertz CT molecular complexity index is 336. The van der Waals surface area contributed by atoms with E-state index < -0.39 is 0 Å². The molecule has 3 heteroatoms. The molecule has 1 fully saturated rings. The van der Waals surface area contributed by atoms with Gasteiger partial charge in [0.1, 0.15) is 5.75 Å². The van der Waals surface area contributed by atoms with Gasteiger partial charge >= 0.3 is 0 Å². The number of phenolic OH excluding ortho intramolecular Hbond substituents is 1. The van der Waals surface area contributed by atoms with Crippen LogP contribution in [-0.4, -0.2) is 11.7 Å². The van der Waals surface area contributed by atoms with Crippen LogP contribution >= 0.6 is 11.6 Å². The highest BCUT2D eigenvalue weighted by Crippen LogP contribution is 2.31. The third-order valence-corrected chi connectivity index (χ3v) is 3.02. The minimum atomic E-state index is 0.318. The summed E-state index contributed by atoms with van der Waals surface area (Å²) in [5, 5.41) is 13.6. The SMILES string of the molecule is Oc1ccc(Cl)cc1CNCCC1CC1. The van der Waals surface area contributed by atoms with E-state index in [1.54, 1.807) is 18.2 Å². The summed E-state index contributed by atoms with van der Waals surface area (Å²) >= 11 is 5.85. The van der Waals surface area contributed by atoms with E-state index >= 15 is 0 Å². The number of hydrogen-bond acceptors (Lipinski definition) is 2. The van der Waals surface area contributed by atoms with Crippen LogP contribution in [0.15, 0.2) is 18.2 Å². The quantitative estimate of drug-likeness (QED) is 0.756. The Labute approximate surface area is 95.3 Å². The van der Waals surface area contributed by atoms with Crippen molar-refractivity contribution >= 4 is 11.6 Å². The summed E-state index contributed by atoms with van der Waals surface area (Å²) < 4.78 is 0. The highest BCUT2D eigenvalue weighted by molar-refractivity contribution is 6.30. The molecule has 2 rings (SSSR count). The summed E-state index contributed by atoms with van der Waals surface area (Å²) in [5.41, 5.74) is 0.873. The fraction of sp³-hybridized carbons (Fsp3) is 0.500. The highest BCUT2D eigenvalue weighted by atomic mass is 35.5. The Morgan fingerprint density at radius 1 is 1.40 bits per heavy atom. The minimum absolute atomic E-state index is 0.318. The maximum Gasteiger partial charge on any atom is 0.120 e. The first kappa shape index (κ1) is 10.8. The average Bonchev–Trinajstić information content (AvgIpc) is 3.01. The van der Waals surface area contributed by atoms with Crippen LogP contribution in [0.3, 0.4) is 0 Å². The first-order chi connectivity index (χ1) is 7.25. The average molecular weight is 226 g/mol. The zero-order valence-electron chi connectivity index (χ0n) is 8.67. The lowest BCUT2D eigenvalue weighted by Crippen LogP contribution is -2.15. The minimum Gasteiger partial charge on any atom is -0.508 e. The van der Waals surface area contributed by atoms with Gasteiger partial charge in [0.05, 0.1) is 0 Å². The molecule has 15 heavy (non-hydrogen) atoms. The molecule has 0 aliphatic heterocycles. The first-order valence-corrected chi connectivity index (χ1v) is 5.81. The van der Waals surface area contributed by atoms with Crippen molar-refractivity contribution in [3.8, 4) is 5.75 Å². The number of benzene rings is 1. The van der Waals surface area contributed by atoms with Crippen LogP contribution in [0.2, 0.25) is 5.02 Å². The lowest BCUT2D eigenvalue weighted by atomic mass is 10.2. The van der Waals surface area contributed by atoms with Crippen LogP contribution in [0.25, 0.3) is 0 Å². The number of hydrogen-bond donors (Lipinski definition) is 2. The van der Waals surface area contributed by atoms with Crippen molar-refractivity contribution in [3.05, 3.63) is 28.8 Å². The van der Waals surface area contributed by atoms with Crippen molar-refractivity contribution in [1.29, 1.82) is 0 Å². The van der Waals surface area contributed by atoms with E-state index in [0.717, 1.165) is 18.0 Å². The summed E-state index contributed by atoms with van der Waals surface area (Å²) in [4.78, 5) is 0. The van der Waals surface area contributed by atoms with Crippen LogP contribution in [0.1, 0.15) is 24.8 Å². The molecule has 2 nitrogen and oxygen atoms in total. The maximum atomic E-state index is 9.56. The van der Waals surface area contributed by atoms with Gasteiger partial charge in [0, 0.05) is 17.1 Å². The Balaban J connectivity index is 1.78. The zero-order chi connectivity index (χ0) is 10.7. The molecule has 82 valence electrons. The number of nitrogens with one attached hydrogen (secondary N) is 1. The topological polar surface area (TPSA) is 32.3 Å². The summed E-state index contributed by atoms with van der Waals surface area (Å²) in [5.74, 6) is 1.27. The van der Waals surface area contributed by atoms with E-state index in [1.165, 1.54) is 19.3 Å². The second-order valence-electron chi connectivity index (χ2n) is 4.18. The van der Waals surface area contributed by atoms with Gasteiger partial charge in [0.2, 0.25) is 0 Å². The van der Waals surface area contributed by atoms with Crippen molar-refractivity contribution in [2.24, 2.45) is 5.92 Å². The molecular formula is C12H16ClNO. The number of phenols is 1. The summed E-state index contributed by atoms with van der Waals surface area (Å²) in [7, 11) is 0. The standard InChI is InChI=1S/C12H16ClNO/c13-11-3-4-12(15)10(7-11)8-14-6-5-9-1-2-9/h3-4,7,9,14-15H,1-2,5-6,8H2. The zero-order valence-corrected chi connectivity index (χ0v) is 9.43. The predicted molar refractivity (Wildman–Crippen MR) is 62.2 cm³/mol. The molecule has 0 aromatic heterocycles. The van der Waals surface area contributed by atoms with Crippen molar-refractivity contribution in [2.75, 3.05) is 6.54 Å². The molecule has 0 spiro atoms. The molecule has 2 N–H and O–H groups in total. The predicted octanol–water partition coefficient (Wildman–Crippen LogP) is 2.94. The van der Waals surface area contributed by atoms with Gasteiger partial charge in [-0.25, -0.2) is 0 Å². The van der Waals surface area contributed by atoms with Gasteiger partial charge in [-0.1, -0.05) is 24.4 Å². The molecule has 1 aromatic carbocycles. The molecule has 0 bridgehead atoms. The summed E-state index contributed by atoms with van der Waals surface area (Å²) in [6, 6.07) is 5.14.